The minimum Gasteiger partial charge on any atom is -0.497 e. The Kier molecular flexibility index (Phi) is 8.85. The van der Waals surface area contributed by atoms with Crippen LogP contribution in [0.1, 0.15) is 31.4 Å². The summed E-state index contributed by atoms with van der Waals surface area (Å²) in [4.78, 5) is 12.5. The Labute approximate surface area is 193 Å². The van der Waals surface area contributed by atoms with E-state index in [0.717, 1.165) is 16.1 Å². The molecule has 0 aromatic heterocycles. The number of carbonyl (C=O) groups excluding carboxylic acids is 1. The van der Waals surface area contributed by atoms with Crippen LogP contribution in [0.2, 0.25) is 10.0 Å². The number of hydrogen-bond donors (Lipinski definition) is 1. The maximum atomic E-state index is 12.5. The van der Waals surface area contributed by atoms with E-state index in [1.807, 2.05) is 6.92 Å². The van der Waals surface area contributed by atoms with E-state index in [2.05, 4.69) is 5.32 Å². The van der Waals surface area contributed by atoms with Crippen LogP contribution >= 0.6 is 23.2 Å². The lowest BCUT2D eigenvalue weighted by atomic mass is 10.1. The van der Waals surface area contributed by atoms with Gasteiger partial charge < -0.3 is 14.8 Å². The zero-order valence-corrected chi connectivity index (χ0v) is 20.1. The smallest absolute Gasteiger partial charge is 0.232 e. The number of carbonyl (C=O) groups is 1. The van der Waals surface area contributed by atoms with Gasteiger partial charge in [-0.25, -0.2) is 8.42 Å². The number of hydrogen-bond acceptors (Lipinski definition) is 5. The molecule has 31 heavy (non-hydrogen) atoms. The SMILES string of the molecule is COc1ccc(OC)c([C@H](C)NC(=O)CCCN(c2cc(Cl)ccc2Cl)S(C)(=O)=O)c1. The lowest BCUT2D eigenvalue weighted by molar-refractivity contribution is -0.121. The van der Waals surface area contributed by atoms with Gasteiger partial charge in [0.2, 0.25) is 15.9 Å². The summed E-state index contributed by atoms with van der Waals surface area (Å²) in [5.74, 6) is 1.06. The van der Waals surface area contributed by atoms with Crippen LogP contribution in [-0.2, 0) is 14.8 Å². The molecule has 1 N–H and O–H groups in total. The van der Waals surface area contributed by atoms with Gasteiger partial charge in [-0.3, -0.25) is 9.10 Å². The second kappa shape index (κ2) is 10.9. The highest BCUT2D eigenvalue weighted by molar-refractivity contribution is 7.92. The van der Waals surface area contributed by atoms with E-state index in [-0.39, 0.29) is 35.6 Å². The van der Waals surface area contributed by atoms with Crippen molar-refractivity contribution in [2.75, 3.05) is 31.3 Å². The first kappa shape index (κ1) is 25.1. The molecule has 0 aliphatic heterocycles. The molecule has 0 spiro atoms. The summed E-state index contributed by atoms with van der Waals surface area (Å²) in [5, 5.41) is 3.53. The van der Waals surface area contributed by atoms with E-state index < -0.39 is 10.0 Å². The van der Waals surface area contributed by atoms with E-state index in [9.17, 15) is 13.2 Å². The largest absolute Gasteiger partial charge is 0.497 e. The highest BCUT2D eigenvalue weighted by Crippen LogP contribution is 2.31. The van der Waals surface area contributed by atoms with Gasteiger partial charge in [-0.15, -0.1) is 0 Å². The molecule has 1 amide bonds. The number of ether oxygens (including phenoxy) is 2. The molecule has 0 bridgehead atoms. The normalized spacial score (nSPS) is 12.2. The molecule has 0 fully saturated rings. The lowest BCUT2D eigenvalue weighted by Crippen LogP contribution is -2.33. The Morgan fingerprint density at radius 2 is 1.84 bits per heavy atom. The fourth-order valence-corrected chi connectivity index (χ4v) is 4.50. The Bertz CT molecular complexity index is 1030. The number of rotatable bonds is 10. The lowest BCUT2D eigenvalue weighted by Gasteiger charge is -2.24. The number of amides is 1. The molecule has 0 heterocycles. The Hall–Kier alpha value is -2.16. The average molecular weight is 489 g/mol. The van der Waals surface area contributed by atoms with Crippen LogP contribution in [0.3, 0.4) is 0 Å². The number of sulfonamides is 1. The minimum atomic E-state index is -3.61. The zero-order chi connectivity index (χ0) is 23.2. The summed E-state index contributed by atoms with van der Waals surface area (Å²) in [6.45, 7) is 1.92. The maximum Gasteiger partial charge on any atom is 0.232 e. The summed E-state index contributed by atoms with van der Waals surface area (Å²) < 4.78 is 36.3. The average Bonchev–Trinajstić information content (AvgIpc) is 2.71. The van der Waals surface area contributed by atoms with Gasteiger partial charge in [-0.05, 0) is 49.7 Å². The van der Waals surface area contributed by atoms with Gasteiger partial charge in [0.25, 0.3) is 0 Å². The van der Waals surface area contributed by atoms with Crippen LogP contribution in [-0.4, -0.2) is 41.3 Å². The number of nitrogens with zero attached hydrogens (tertiary/aromatic N) is 1. The van der Waals surface area contributed by atoms with Crippen LogP contribution in [0.4, 0.5) is 5.69 Å². The molecule has 2 rings (SSSR count). The molecule has 1 atom stereocenters. The standard InChI is InChI=1S/C21H26Cl2N2O5S/c1-14(17-13-16(29-2)8-10-20(17)30-3)24-21(26)6-5-11-25(31(4,27)28)19-12-15(22)7-9-18(19)23/h7-10,12-14H,5-6,11H2,1-4H3,(H,24,26)/t14-/m0/s1. The Balaban J connectivity index is 2.04. The molecule has 10 heteroatoms. The third-order valence-electron chi connectivity index (χ3n) is 4.62. The van der Waals surface area contributed by atoms with Gasteiger partial charge in [0.15, 0.2) is 0 Å². The zero-order valence-electron chi connectivity index (χ0n) is 17.8. The third kappa shape index (κ3) is 6.92. The summed E-state index contributed by atoms with van der Waals surface area (Å²) in [6.07, 6.45) is 1.51. The number of halogens is 2. The molecule has 0 aliphatic carbocycles. The Morgan fingerprint density at radius 1 is 1.13 bits per heavy atom. The highest BCUT2D eigenvalue weighted by Gasteiger charge is 2.21. The molecule has 2 aromatic rings. The maximum absolute atomic E-state index is 12.5. The quantitative estimate of drug-likeness (QED) is 0.534. The van der Waals surface area contributed by atoms with E-state index in [4.69, 9.17) is 32.7 Å². The molecule has 0 unspecified atom stereocenters. The summed E-state index contributed by atoms with van der Waals surface area (Å²) in [6, 6.07) is 9.63. The number of methoxy groups -OCH3 is 2. The molecular weight excluding hydrogens is 463 g/mol. The summed E-state index contributed by atoms with van der Waals surface area (Å²) in [5.41, 5.74) is 1.06. The van der Waals surface area contributed by atoms with E-state index in [1.54, 1.807) is 38.5 Å². The highest BCUT2D eigenvalue weighted by atomic mass is 35.5. The minimum absolute atomic E-state index is 0.0865. The monoisotopic (exact) mass is 488 g/mol. The first-order valence-corrected chi connectivity index (χ1v) is 12.1. The third-order valence-corrected chi connectivity index (χ3v) is 6.36. The van der Waals surface area contributed by atoms with Crippen LogP contribution in [0.15, 0.2) is 36.4 Å². The van der Waals surface area contributed by atoms with Gasteiger partial charge in [0, 0.05) is 23.6 Å². The van der Waals surface area contributed by atoms with Crippen molar-refractivity contribution in [2.24, 2.45) is 0 Å². The molecule has 0 saturated carbocycles. The second-order valence-corrected chi connectivity index (χ2v) is 9.68. The molecular formula is C21H26Cl2N2O5S. The molecule has 2 aromatic carbocycles. The van der Waals surface area contributed by atoms with E-state index in [0.29, 0.717) is 22.9 Å². The van der Waals surface area contributed by atoms with Gasteiger partial charge in [-0.1, -0.05) is 23.2 Å². The molecule has 0 radical (unpaired) electrons. The molecule has 7 nitrogen and oxygen atoms in total. The van der Waals surface area contributed by atoms with Gasteiger partial charge in [0.05, 0.1) is 37.2 Å². The molecule has 0 aliphatic rings. The summed E-state index contributed by atoms with van der Waals surface area (Å²) in [7, 11) is -0.490. The van der Waals surface area contributed by atoms with Crippen molar-refractivity contribution in [3.8, 4) is 11.5 Å². The van der Waals surface area contributed by atoms with Gasteiger partial charge in [0.1, 0.15) is 11.5 Å². The van der Waals surface area contributed by atoms with Crippen molar-refractivity contribution in [1.29, 1.82) is 0 Å². The number of benzene rings is 2. The van der Waals surface area contributed by atoms with Crippen molar-refractivity contribution >= 4 is 44.8 Å². The van der Waals surface area contributed by atoms with Crippen molar-refractivity contribution < 1.29 is 22.7 Å². The second-order valence-electron chi connectivity index (χ2n) is 6.93. The van der Waals surface area contributed by atoms with Crippen molar-refractivity contribution in [3.05, 3.63) is 52.0 Å². The van der Waals surface area contributed by atoms with Gasteiger partial charge >= 0.3 is 0 Å². The predicted molar refractivity (Wildman–Crippen MR) is 124 cm³/mol. The first-order valence-electron chi connectivity index (χ1n) is 9.51. The fraction of sp³-hybridized carbons (Fsp3) is 0.381. The molecule has 170 valence electrons. The molecule has 0 saturated heterocycles. The van der Waals surface area contributed by atoms with Crippen LogP contribution < -0.4 is 19.1 Å². The number of nitrogens with one attached hydrogen (secondary N) is 1. The van der Waals surface area contributed by atoms with Crippen LogP contribution in [0, 0.1) is 0 Å². The van der Waals surface area contributed by atoms with Crippen molar-refractivity contribution in [2.45, 2.75) is 25.8 Å². The predicted octanol–water partition coefficient (Wildman–Crippen LogP) is 4.43. The summed E-state index contributed by atoms with van der Waals surface area (Å²) >= 11 is 12.2. The van der Waals surface area contributed by atoms with E-state index >= 15 is 0 Å². The fourth-order valence-electron chi connectivity index (χ4n) is 3.09. The van der Waals surface area contributed by atoms with Crippen molar-refractivity contribution in [3.63, 3.8) is 0 Å². The first-order chi connectivity index (χ1) is 14.6. The number of anilines is 1. The van der Waals surface area contributed by atoms with E-state index in [1.165, 1.54) is 12.1 Å². The topological polar surface area (TPSA) is 84.9 Å². The van der Waals surface area contributed by atoms with Crippen LogP contribution in [0.25, 0.3) is 0 Å². The van der Waals surface area contributed by atoms with Gasteiger partial charge in [-0.2, -0.15) is 0 Å². The van der Waals surface area contributed by atoms with Crippen molar-refractivity contribution in [1.82, 2.24) is 5.32 Å². The van der Waals surface area contributed by atoms with Crippen LogP contribution in [0.5, 0.6) is 11.5 Å². The Morgan fingerprint density at radius 3 is 2.45 bits per heavy atom.